The van der Waals surface area contributed by atoms with Crippen LogP contribution >= 0.6 is 0 Å². The predicted octanol–water partition coefficient (Wildman–Crippen LogP) is 4.09. The number of rotatable bonds is 6. The first-order chi connectivity index (χ1) is 13.4. The first-order valence-electron chi connectivity index (χ1n) is 8.49. The van der Waals surface area contributed by atoms with Crippen LogP contribution in [-0.2, 0) is 10.1 Å². The van der Waals surface area contributed by atoms with Gasteiger partial charge in [-0.15, -0.1) is 0 Å². The molecule has 0 amide bonds. The topological polar surface area (TPSA) is 93.1 Å². The van der Waals surface area contributed by atoms with Crippen LogP contribution in [0.15, 0.2) is 83.8 Å². The summed E-state index contributed by atoms with van der Waals surface area (Å²) in [6.45, 7) is 2.16. The van der Waals surface area contributed by atoms with Crippen molar-refractivity contribution in [2.24, 2.45) is 0 Å². The monoisotopic (exact) mass is 402 g/mol. The Bertz CT molecular complexity index is 936. The Balaban J connectivity index is 0.000000221. The van der Waals surface area contributed by atoms with Crippen LogP contribution in [0, 0.1) is 6.92 Å². The third-order valence-electron chi connectivity index (χ3n) is 3.48. The molecule has 3 rings (SSSR count). The van der Waals surface area contributed by atoms with Crippen LogP contribution in [0.4, 0.5) is 0 Å². The van der Waals surface area contributed by atoms with Gasteiger partial charge in [0.25, 0.3) is 10.1 Å². The molecule has 0 heterocycles. The molecule has 0 atom stereocenters. The summed E-state index contributed by atoms with van der Waals surface area (Å²) in [4.78, 5) is -0.0666. The molecule has 0 aliphatic heterocycles. The first-order valence-corrected chi connectivity index (χ1v) is 9.93. The van der Waals surface area contributed by atoms with Crippen LogP contribution in [0.3, 0.4) is 0 Å². The van der Waals surface area contributed by atoms with E-state index in [1.54, 1.807) is 12.1 Å². The normalized spacial score (nSPS) is 10.5. The summed E-state index contributed by atoms with van der Waals surface area (Å²) >= 11 is 0. The third kappa shape index (κ3) is 7.40. The fraction of sp³-hybridized carbons (Fsp3) is 0.143. The maximum absolute atomic E-state index is 10.5. The molecule has 2 N–H and O–H groups in total. The molecule has 0 unspecified atom stereocenters. The average molecular weight is 402 g/mol. The molecular formula is C21H22O6S. The summed E-state index contributed by atoms with van der Waals surface area (Å²) in [5, 5.41) is 8.63. The molecule has 7 heteroatoms. The van der Waals surface area contributed by atoms with Gasteiger partial charge in [-0.2, -0.15) is 8.42 Å². The van der Waals surface area contributed by atoms with Crippen molar-refractivity contribution in [3.63, 3.8) is 0 Å². The van der Waals surface area contributed by atoms with Crippen LogP contribution < -0.4 is 9.47 Å². The highest BCUT2D eigenvalue weighted by Crippen LogP contribution is 2.23. The number of hydrogen-bond acceptors (Lipinski definition) is 5. The lowest BCUT2D eigenvalue weighted by molar-refractivity contribution is 0.201. The lowest BCUT2D eigenvalue weighted by atomic mass is 10.2. The fourth-order valence-electron chi connectivity index (χ4n) is 2.10. The summed E-state index contributed by atoms with van der Waals surface area (Å²) in [7, 11) is -4.02. The van der Waals surface area contributed by atoms with Crippen LogP contribution in [-0.4, -0.2) is 31.3 Å². The predicted molar refractivity (Wildman–Crippen MR) is 107 cm³/mol. The number of para-hydroxylation sites is 1. The molecule has 0 saturated carbocycles. The highest BCUT2D eigenvalue weighted by molar-refractivity contribution is 7.85. The van der Waals surface area contributed by atoms with Gasteiger partial charge in [0.2, 0.25) is 0 Å². The molecule has 0 spiro atoms. The Morgan fingerprint density at radius 1 is 0.786 bits per heavy atom. The summed E-state index contributed by atoms with van der Waals surface area (Å²) in [6, 6.07) is 22.9. The average Bonchev–Trinajstić information content (AvgIpc) is 2.68. The summed E-state index contributed by atoms with van der Waals surface area (Å²) in [6.07, 6.45) is 0. The van der Waals surface area contributed by atoms with E-state index in [-0.39, 0.29) is 11.5 Å². The van der Waals surface area contributed by atoms with Crippen LogP contribution in [0.1, 0.15) is 5.56 Å². The van der Waals surface area contributed by atoms with Crippen molar-refractivity contribution >= 4 is 10.1 Å². The van der Waals surface area contributed by atoms with Crippen molar-refractivity contribution in [1.82, 2.24) is 0 Å². The first kappa shape index (κ1) is 21.4. The van der Waals surface area contributed by atoms with Gasteiger partial charge in [0, 0.05) is 0 Å². The van der Waals surface area contributed by atoms with Crippen LogP contribution in [0.2, 0.25) is 0 Å². The molecule has 0 aromatic heterocycles. The number of aryl methyl sites for hydroxylation is 1. The minimum atomic E-state index is -4.02. The fourth-order valence-corrected chi connectivity index (χ4v) is 2.58. The Kier molecular flexibility index (Phi) is 8.01. The van der Waals surface area contributed by atoms with E-state index >= 15 is 0 Å². The number of aliphatic hydroxyl groups is 1. The second kappa shape index (κ2) is 10.5. The Labute approximate surface area is 164 Å². The van der Waals surface area contributed by atoms with E-state index in [0.717, 1.165) is 22.8 Å². The zero-order valence-electron chi connectivity index (χ0n) is 15.4. The van der Waals surface area contributed by atoms with Crippen molar-refractivity contribution in [3.05, 3.63) is 84.4 Å². The highest BCUT2D eigenvalue weighted by Gasteiger charge is 2.06. The zero-order valence-corrected chi connectivity index (χ0v) is 16.2. The maximum atomic E-state index is 10.5. The molecule has 0 fully saturated rings. The third-order valence-corrected chi connectivity index (χ3v) is 4.35. The molecule has 0 aliphatic rings. The van der Waals surface area contributed by atoms with Crippen molar-refractivity contribution in [2.45, 2.75) is 11.8 Å². The van der Waals surface area contributed by atoms with E-state index in [0.29, 0.717) is 6.61 Å². The maximum Gasteiger partial charge on any atom is 0.294 e. The van der Waals surface area contributed by atoms with E-state index in [2.05, 4.69) is 0 Å². The molecule has 28 heavy (non-hydrogen) atoms. The van der Waals surface area contributed by atoms with Crippen molar-refractivity contribution < 1.29 is 27.6 Å². The van der Waals surface area contributed by atoms with E-state index < -0.39 is 10.1 Å². The molecule has 0 radical (unpaired) electrons. The molecule has 6 nitrogen and oxygen atoms in total. The van der Waals surface area contributed by atoms with Gasteiger partial charge in [-0.25, -0.2) is 0 Å². The Morgan fingerprint density at radius 3 is 1.86 bits per heavy atom. The SMILES string of the molecule is Cc1ccc(S(=O)(=O)O)cc1.OCCOc1ccc(Oc2ccccc2)cc1. The van der Waals surface area contributed by atoms with E-state index in [1.807, 2.05) is 61.5 Å². The highest BCUT2D eigenvalue weighted by atomic mass is 32.2. The molecule has 148 valence electrons. The van der Waals surface area contributed by atoms with Crippen molar-refractivity contribution in [2.75, 3.05) is 13.2 Å². The standard InChI is InChI=1S/C14H14O3.C7H8O3S/c15-10-11-16-12-6-8-14(9-7-12)17-13-4-2-1-3-5-13;1-6-2-4-7(5-3-6)11(8,9)10/h1-9,15H,10-11H2;2-5H,1H3,(H,8,9,10). The second-order valence-corrected chi connectivity index (χ2v) is 7.17. The van der Waals surface area contributed by atoms with Gasteiger partial charge in [0.05, 0.1) is 11.5 Å². The van der Waals surface area contributed by atoms with Crippen LogP contribution in [0.5, 0.6) is 17.2 Å². The molecular weight excluding hydrogens is 380 g/mol. The van der Waals surface area contributed by atoms with Gasteiger partial charge < -0.3 is 14.6 Å². The quantitative estimate of drug-likeness (QED) is 0.603. The van der Waals surface area contributed by atoms with Gasteiger partial charge in [0.1, 0.15) is 23.9 Å². The van der Waals surface area contributed by atoms with E-state index in [9.17, 15) is 8.42 Å². The lowest BCUT2D eigenvalue weighted by Crippen LogP contribution is -2.01. The summed E-state index contributed by atoms with van der Waals surface area (Å²) in [5.41, 5.74) is 0.956. The van der Waals surface area contributed by atoms with Gasteiger partial charge in [-0.05, 0) is 55.5 Å². The summed E-state index contributed by atoms with van der Waals surface area (Å²) < 4.78 is 40.4. The number of aliphatic hydroxyl groups excluding tert-OH is 1. The van der Waals surface area contributed by atoms with Gasteiger partial charge in [0.15, 0.2) is 0 Å². The van der Waals surface area contributed by atoms with E-state index in [1.165, 1.54) is 12.1 Å². The van der Waals surface area contributed by atoms with Gasteiger partial charge in [-0.1, -0.05) is 35.9 Å². The molecule has 0 aliphatic carbocycles. The van der Waals surface area contributed by atoms with Crippen molar-refractivity contribution in [1.29, 1.82) is 0 Å². The lowest BCUT2D eigenvalue weighted by Gasteiger charge is -2.07. The minimum Gasteiger partial charge on any atom is -0.491 e. The number of hydrogen-bond donors (Lipinski definition) is 2. The molecule has 3 aromatic rings. The number of ether oxygens (including phenoxy) is 2. The second-order valence-electron chi connectivity index (χ2n) is 5.75. The van der Waals surface area contributed by atoms with Gasteiger partial charge >= 0.3 is 0 Å². The molecule has 0 saturated heterocycles. The van der Waals surface area contributed by atoms with E-state index in [4.69, 9.17) is 19.1 Å². The Hall–Kier alpha value is -2.87. The smallest absolute Gasteiger partial charge is 0.294 e. The van der Waals surface area contributed by atoms with Gasteiger partial charge in [-0.3, -0.25) is 4.55 Å². The largest absolute Gasteiger partial charge is 0.491 e. The zero-order chi connectivity index (χ0) is 20.4. The summed E-state index contributed by atoms with van der Waals surface area (Å²) in [5.74, 6) is 2.28. The number of benzene rings is 3. The van der Waals surface area contributed by atoms with Crippen LogP contribution in [0.25, 0.3) is 0 Å². The minimum absolute atomic E-state index is 0.0161. The molecule has 0 bridgehead atoms. The Morgan fingerprint density at radius 2 is 1.32 bits per heavy atom. The van der Waals surface area contributed by atoms with Crippen molar-refractivity contribution in [3.8, 4) is 17.2 Å². The molecule has 3 aromatic carbocycles.